The van der Waals surface area contributed by atoms with Crippen molar-refractivity contribution >= 4 is 62.7 Å². The normalized spacial score (nSPS) is 16.2. The second-order valence-corrected chi connectivity index (χ2v) is 14.5. The Kier molecular flexibility index (Phi) is 14.3. The molecule has 1 aromatic carbocycles. The van der Waals surface area contributed by atoms with Crippen molar-refractivity contribution in [3.63, 3.8) is 0 Å². The number of aliphatic carboxylic acids is 1. The molecule has 0 bridgehead atoms. The van der Waals surface area contributed by atoms with Gasteiger partial charge in [0.2, 0.25) is 17.7 Å². The van der Waals surface area contributed by atoms with Crippen LogP contribution in [0.15, 0.2) is 55.1 Å². The van der Waals surface area contributed by atoms with Gasteiger partial charge in [-0.05, 0) is 37.0 Å². The van der Waals surface area contributed by atoms with Crippen molar-refractivity contribution < 1.29 is 52.8 Å². The average molecular weight is 803 g/mol. The van der Waals surface area contributed by atoms with E-state index in [4.69, 9.17) is 34.4 Å². The van der Waals surface area contributed by atoms with Crippen LogP contribution >= 0.6 is 0 Å². The minimum absolute atomic E-state index is 0.0191. The zero-order valence-electron chi connectivity index (χ0n) is 32.6. The molecule has 3 aromatic heterocycles. The Balaban J connectivity index is 1.07. The smallest absolute Gasteiger partial charge is 0.334 e. The predicted octanol–water partition coefficient (Wildman–Crippen LogP) is 2.50. The highest BCUT2D eigenvalue weighted by molar-refractivity contribution is 6.02. The molecule has 1 saturated heterocycles. The van der Waals surface area contributed by atoms with E-state index >= 15 is 0 Å². The van der Waals surface area contributed by atoms with Crippen LogP contribution in [0.4, 0.5) is 0 Å². The number of rotatable bonds is 20. The van der Waals surface area contributed by atoms with E-state index in [1.54, 1.807) is 13.8 Å². The third-order valence-electron chi connectivity index (χ3n) is 9.93. The first kappa shape index (κ1) is 42.0. The maximum absolute atomic E-state index is 13.8. The standard InChI is InChI=1S/C41H50N6O11/c1-25(2)37(41(53)58-34-24-57-23-28-22-46-21-27-18-26-6-3-4-7-30(26)44-38(27)33(46)19-29(28)34)45-39(51)32-8-5-11-47(32)40(52)31(20-36(49)50)43-35(48)9-12-54-14-16-56-17-15-55-13-10-42/h3-4,6-7,18-19,21-22,24-25,31-32,37H,5,8-17,20,23,42H2,1-2H3,(H,43,48)(H,45,51)(H,49,50)/t31-,32-,37-/m0/s1. The number of esters is 1. The summed E-state index contributed by atoms with van der Waals surface area (Å²) in [6.45, 7) is 6.10. The number of likely N-dealkylation sites (tertiary alicyclic amines) is 1. The van der Waals surface area contributed by atoms with Crippen LogP contribution in [0.1, 0.15) is 50.7 Å². The van der Waals surface area contributed by atoms with Crippen molar-refractivity contribution in [1.29, 1.82) is 0 Å². The number of nitrogens with one attached hydrogen (secondary N) is 2. The monoisotopic (exact) mass is 802 g/mol. The van der Waals surface area contributed by atoms with Crippen LogP contribution in [0, 0.1) is 5.92 Å². The molecule has 4 aromatic rings. The number of carbonyl (C=O) groups is 5. The van der Waals surface area contributed by atoms with Gasteiger partial charge in [0.1, 0.15) is 31.0 Å². The van der Waals surface area contributed by atoms with Gasteiger partial charge in [-0.25, -0.2) is 9.78 Å². The molecular weight excluding hydrogens is 752 g/mol. The summed E-state index contributed by atoms with van der Waals surface area (Å²) in [5.74, 6) is -4.16. The molecule has 5 heterocycles. The van der Waals surface area contributed by atoms with Gasteiger partial charge in [0.05, 0.1) is 62.6 Å². The number of aromatic nitrogens is 2. The summed E-state index contributed by atoms with van der Waals surface area (Å²) in [6.07, 6.45) is 5.20. The summed E-state index contributed by atoms with van der Waals surface area (Å²) in [6, 6.07) is 8.32. The molecule has 3 atom stereocenters. The summed E-state index contributed by atoms with van der Waals surface area (Å²) < 4.78 is 29.6. The number of nitrogens with two attached hydrogens (primary N) is 1. The molecule has 0 aliphatic carbocycles. The maximum atomic E-state index is 13.8. The fraction of sp³-hybridized carbons (Fsp3) is 0.463. The van der Waals surface area contributed by atoms with E-state index in [2.05, 4.69) is 16.7 Å². The van der Waals surface area contributed by atoms with Crippen LogP contribution in [-0.2, 0) is 54.3 Å². The predicted molar refractivity (Wildman–Crippen MR) is 211 cm³/mol. The van der Waals surface area contributed by atoms with Gasteiger partial charge in [0.25, 0.3) is 0 Å². The van der Waals surface area contributed by atoms with Crippen molar-refractivity contribution in [2.45, 2.75) is 64.3 Å². The fourth-order valence-electron chi connectivity index (χ4n) is 7.04. The maximum Gasteiger partial charge on any atom is 0.334 e. The molecule has 17 heteroatoms. The molecule has 0 saturated carbocycles. The SMILES string of the molecule is CC(C)[C@H](NC(=O)[C@@H]1CCCN1C(=O)[C@H](CC(=O)O)NC(=O)CCOCCOCCOCCN)C(=O)OC1=COCc2cn3cc4cc5ccccc5nc4c3cc21. The van der Waals surface area contributed by atoms with Gasteiger partial charge in [-0.15, -0.1) is 0 Å². The highest BCUT2D eigenvalue weighted by atomic mass is 16.6. The molecular formula is C41H50N6O11. The number of para-hydroxylation sites is 1. The zero-order chi connectivity index (χ0) is 41.2. The van der Waals surface area contributed by atoms with Crippen LogP contribution in [0.2, 0.25) is 0 Å². The summed E-state index contributed by atoms with van der Waals surface area (Å²) in [7, 11) is 0. The molecule has 1 fully saturated rings. The van der Waals surface area contributed by atoms with Crippen molar-refractivity contribution in [3.8, 4) is 0 Å². The van der Waals surface area contributed by atoms with Crippen LogP contribution in [0.25, 0.3) is 33.1 Å². The lowest BCUT2D eigenvalue weighted by atomic mass is 10.0. The summed E-state index contributed by atoms with van der Waals surface area (Å²) in [4.78, 5) is 71.9. The second kappa shape index (κ2) is 19.7. The van der Waals surface area contributed by atoms with E-state index in [1.807, 2.05) is 47.1 Å². The van der Waals surface area contributed by atoms with Crippen molar-refractivity contribution in [3.05, 3.63) is 66.2 Å². The van der Waals surface area contributed by atoms with Crippen LogP contribution < -0.4 is 16.4 Å². The highest BCUT2D eigenvalue weighted by Crippen LogP contribution is 2.32. The molecule has 2 aliphatic heterocycles. The fourth-order valence-corrected chi connectivity index (χ4v) is 7.04. The first-order valence-corrected chi connectivity index (χ1v) is 19.5. The largest absolute Gasteiger partial charge is 0.493 e. The van der Waals surface area contributed by atoms with Gasteiger partial charge in [0.15, 0.2) is 5.76 Å². The Bertz CT molecular complexity index is 2170. The molecule has 0 unspecified atom stereocenters. The number of hydrogen-bond acceptors (Lipinski definition) is 12. The number of hydrogen-bond donors (Lipinski definition) is 4. The number of nitrogens with zero attached hydrogens (tertiary/aromatic N) is 3. The van der Waals surface area contributed by atoms with E-state index in [0.29, 0.717) is 38.3 Å². The van der Waals surface area contributed by atoms with Gasteiger partial charge in [-0.1, -0.05) is 32.0 Å². The molecule has 6 rings (SSSR count). The third kappa shape index (κ3) is 10.3. The van der Waals surface area contributed by atoms with Gasteiger partial charge >= 0.3 is 11.9 Å². The topological polar surface area (TPSA) is 222 Å². The van der Waals surface area contributed by atoms with E-state index in [0.717, 1.165) is 32.9 Å². The summed E-state index contributed by atoms with van der Waals surface area (Å²) >= 11 is 0. The minimum Gasteiger partial charge on any atom is -0.493 e. The number of amides is 3. The Morgan fingerprint density at radius 3 is 2.45 bits per heavy atom. The average Bonchev–Trinajstić information content (AvgIpc) is 3.83. The van der Waals surface area contributed by atoms with E-state index in [-0.39, 0.29) is 51.6 Å². The molecule has 58 heavy (non-hydrogen) atoms. The Morgan fingerprint density at radius 2 is 1.71 bits per heavy atom. The number of ether oxygens (including phenoxy) is 5. The number of pyridine rings is 2. The first-order chi connectivity index (χ1) is 28.0. The lowest BCUT2D eigenvalue weighted by molar-refractivity contribution is -0.147. The van der Waals surface area contributed by atoms with Crippen molar-refractivity contribution in [1.82, 2.24) is 24.9 Å². The Labute approximate surface area is 334 Å². The van der Waals surface area contributed by atoms with Crippen LogP contribution in [0.5, 0.6) is 0 Å². The number of carbonyl (C=O) groups excluding carboxylic acids is 4. The van der Waals surface area contributed by atoms with Gasteiger partial charge in [-0.2, -0.15) is 0 Å². The quantitative estimate of drug-likeness (QED) is 0.0746. The molecule has 0 spiro atoms. The highest BCUT2D eigenvalue weighted by Gasteiger charge is 2.40. The van der Waals surface area contributed by atoms with Gasteiger partial charge in [-0.3, -0.25) is 19.2 Å². The summed E-state index contributed by atoms with van der Waals surface area (Å²) in [5.41, 5.74) is 9.25. The lowest BCUT2D eigenvalue weighted by Gasteiger charge is -2.30. The zero-order valence-corrected chi connectivity index (χ0v) is 32.6. The van der Waals surface area contributed by atoms with E-state index in [9.17, 15) is 29.1 Å². The second-order valence-electron chi connectivity index (χ2n) is 14.5. The number of benzene rings is 1. The van der Waals surface area contributed by atoms with Crippen LogP contribution in [-0.4, -0.2) is 120 Å². The summed E-state index contributed by atoms with van der Waals surface area (Å²) in [5, 5.41) is 16.8. The molecule has 310 valence electrons. The first-order valence-electron chi connectivity index (χ1n) is 19.5. The minimum atomic E-state index is -1.42. The van der Waals surface area contributed by atoms with E-state index in [1.165, 1.54) is 11.2 Å². The lowest BCUT2D eigenvalue weighted by Crippen LogP contribution is -2.56. The molecule has 5 N–H and O–H groups in total. The van der Waals surface area contributed by atoms with E-state index < -0.39 is 60.1 Å². The van der Waals surface area contributed by atoms with Crippen molar-refractivity contribution in [2.75, 3.05) is 52.7 Å². The van der Waals surface area contributed by atoms with Gasteiger partial charge < -0.3 is 54.5 Å². The Hall–Kier alpha value is -5.62. The number of carboxylic acids is 1. The Morgan fingerprint density at radius 1 is 0.966 bits per heavy atom. The molecule has 0 radical (unpaired) electrons. The van der Waals surface area contributed by atoms with Crippen molar-refractivity contribution in [2.24, 2.45) is 11.7 Å². The molecule has 3 amide bonds. The van der Waals surface area contributed by atoms with Gasteiger partial charge in [0, 0.05) is 53.8 Å². The third-order valence-corrected chi connectivity index (χ3v) is 9.93. The number of fused-ring (bicyclic) bond motifs is 5. The molecule has 2 aliphatic rings. The van der Waals surface area contributed by atoms with Crippen LogP contribution in [0.3, 0.4) is 0 Å². The number of carboxylic acid groups (broad SMARTS) is 1. The molecule has 17 nitrogen and oxygen atoms in total.